The third kappa shape index (κ3) is 3.81. The van der Waals surface area contributed by atoms with E-state index in [1.807, 2.05) is 21.7 Å². The van der Waals surface area contributed by atoms with Crippen LogP contribution in [0.25, 0.3) is 0 Å². The third-order valence-corrected chi connectivity index (χ3v) is 7.13. The van der Waals surface area contributed by atoms with Crippen molar-refractivity contribution in [1.29, 1.82) is 0 Å². The van der Waals surface area contributed by atoms with Crippen molar-refractivity contribution in [3.63, 3.8) is 0 Å². The molecule has 4 heterocycles. The van der Waals surface area contributed by atoms with Crippen LogP contribution in [0.4, 0.5) is 0 Å². The minimum absolute atomic E-state index is 0.159. The van der Waals surface area contributed by atoms with Gasteiger partial charge in [0.05, 0.1) is 5.56 Å². The summed E-state index contributed by atoms with van der Waals surface area (Å²) in [4.78, 5) is 29.1. The van der Waals surface area contributed by atoms with Gasteiger partial charge in [0, 0.05) is 51.2 Å². The summed E-state index contributed by atoms with van der Waals surface area (Å²) >= 11 is 1.57. The van der Waals surface area contributed by atoms with Crippen LogP contribution in [0.5, 0.6) is 0 Å². The minimum Gasteiger partial charge on any atom is -0.381 e. The Morgan fingerprint density at radius 2 is 2.00 bits per heavy atom. The van der Waals surface area contributed by atoms with E-state index < -0.39 is 0 Å². The number of piperidine rings is 2. The number of likely N-dealkylation sites (tertiary alicyclic amines) is 2. The molecule has 4 rings (SSSR count). The smallest absolute Gasteiger partial charge is 0.254 e. The van der Waals surface area contributed by atoms with Crippen LogP contribution in [0.15, 0.2) is 16.8 Å². The zero-order valence-corrected chi connectivity index (χ0v) is 16.1. The Bertz CT molecular complexity index is 631. The molecule has 142 valence electrons. The zero-order valence-electron chi connectivity index (χ0n) is 15.3. The van der Waals surface area contributed by atoms with Gasteiger partial charge in [-0.3, -0.25) is 9.59 Å². The van der Waals surface area contributed by atoms with Gasteiger partial charge < -0.3 is 14.5 Å². The molecular formula is C20H28N2O3S. The van der Waals surface area contributed by atoms with Gasteiger partial charge in [-0.25, -0.2) is 0 Å². The number of thiophene rings is 1. The van der Waals surface area contributed by atoms with Crippen molar-refractivity contribution in [1.82, 2.24) is 9.80 Å². The van der Waals surface area contributed by atoms with E-state index in [0.29, 0.717) is 18.2 Å². The van der Waals surface area contributed by atoms with E-state index in [0.717, 1.165) is 77.1 Å². The van der Waals surface area contributed by atoms with Crippen LogP contribution in [-0.4, -0.2) is 61.0 Å². The molecule has 1 aromatic rings. The van der Waals surface area contributed by atoms with Gasteiger partial charge in [-0.2, -0.15) is 11.3 Å². The van der Waals surface area contributed by atoms with Crippen LogP contribution in [0.3, 0.4) is 0 Å². The van der Waals surface area contributed by atoms with E-state index in [9.17, 15) is 9.59 Å². The van der Waals surface area contributed by atoms with Gasteiger partial charge in [0.1, 0.15) is 0 Å². The summed E-state index contributed by atoms with van der Waals surface area (Å²) in [5, 5.41) is 3.89. The SMILES string of the molecule is O=C1CCC2(CCN(C(=O)c3ccsc3)CC2)CN1CC1CCOCC1. The lowest BCUT2D eigenvalue weighted by Gasteiger charge is -2.48. The molecule has 6 heteroatoms. The molecule has 0 atom stereocenters. The van der Waals surface area contributed by atoms with Gasteiger partial charge in [0.15, 0.2) is 0 Å². The second-order valence-corrected chi connectivity index (χ2v) is 8.91. The van der Waals surface area contributed by atoms with Crippen molar-refractivity contribution in [2.75, 3.05) is 39.4 Å². The quantitative estimate of drug-likeness (QED) is 0.815. The number of nitrogens with zero attached hydrogens (tertiary/aromatic N) is 2. The van der Waals surface area contributed by atoms with Crippen molar-refractivity contribution in [2.24, 2.45) is 11.3 Å². The Morgan fingerprint density at radius 3 is 2.69 bits per heavy atom. The fourth-order valence-electron chi connectivity index (χ4n) is 4.67. The van der Waals surface area contributed by atoms with Crippen molar-refractivity contribution in [3.05, 3.63) is 22.4 Å². The second kappa shape index (κ2) is 7.69. The van der Waals surface area contributed by atoms with Gasteiger partial charge >= 0.3 is 0 Å². The molecule has 0 aromatic carbocycles. The Kier molecular flexibility index (Phi) is 5.32. The van der Waals surface area contributed by atoms with Crippen molar-refractivity contribution in [3.8, 4) is 0 Å². The Hall–Kier alpha value is -1.40. The molecule has 1 spiro atoms. The standard InChI is InChI=1S/C20H28N2O3S/c23-18-1-5-20(15-22(18)13-16-2-10-25-11-3-16)6-8-21(9-7-20)19(24)17-4-12-26-14-17/h4,12,14,16H,1-3,5-11,13,15H2. The van der Waals surface area contributed by atoms with E-state index >= 15 is 0 Å². The maximum Gasteiger partial charge on any atom is 0.254 e. The van der Waals surface area contributed by atoms with Crippen LogP contribution in [-0.2, 0) is 9.53 Å². The average Bonchev–Trinajstić information content (AvgIpc) is 3.21. The summed E-state index contributed by atoms with van der Waals surface area (Å²) in [6.45, 7) is 5.06. The highest BCUT2D eigenvalue weighted by molar-refractivity contribution is 7.08. The molecular weight excluding hydrogens is 348 g/mol. The minimum atomic E-state index is 0.159. The second-order valence-electron chi connectivity index (χ2n) is 8.13. The normalized spacial score (nSPS) is 24.2. The lowest BCUT2D eigenvalue weighted by atomic mass is 9.72. The van der Waals surface area contributed by atoms with Gasteiger partial charge in [0.2, 0.25) is 5.91 Å². The molecule has 0 aliphatic carbocycles. The van der Waals surface area contributed by atoms with Crippen LogP contribution in [0.2, 0.25) is 0 Å². The van der Waals surface area contributed by atoms with Crippen LogP contribution >= 0.6 is 11.3 Å². The molecule has 2 amide bonds. The van der Waals surface area contributed by atoms with Gasteiger partial charge in [-0.05, 0) is 54.9 Å². The van der Waals surface area contributed by atoms with Crippen LogP contribution < -0.4 is 0 Å². The molecule has 3 aliphatic heterocycles. The molecule has 5 nitrogen and oxygen atoms in total. The third-order valence-electron chi connectivity index (χ3n) is 6.45. The zero-order chi connectivity index (χ0) is 18.0. The van der Waals surface area contributed by atoms with E-state index in [4.69, 9.17) is 4.74 Å². The maximum atomic E-state index is 12.6. The molecule has 0 saturated carbocycles. The van der Waals surface area contributed by atoms with Gasteiger partial charge in [0.25, 0.3) is 5.91 Å². The number of amides is 2. The topological polar surface area (TPSA) is 49.9 Å². The first kappa shape index (κ1) is 18.0. The number of rotatable bonds is 3. The highest BCUT2D eigenvalue weighted by Crippen LogP contribution is 2.41. The first-order valence-electron chi connectivity index (χ1n) is 9.82. The number of hydrogen-bond acceptors (Lipinski definition) is 4. The molecule has 26 heavy (non-hydrogen) atoms. The van der Waals surface area contributed by atoms with E-state index in [1.165, 1.54) is 0 Å². The molecule has 3 saturated heterocycles. The average molecular weight is 377 g/mol. The first-order valence-corrected chi connectivity index (χ1v) is 10.8. The lowest BCUT2D eigenvalue weighted by Crippen LogP contribution is -2.53. The summed E-state index contributed by atoms with van der Waals surface area (Å²) in [5.41, 5.74) is 1.02. The number of carbonyl (C=O) groups is 2. The summed E-state index contributed by atoms with van der Waals surface area (Å²) in [6.07, 6.45) is 5.82. The number of hydrogen-bond donors (Lipinski definition) is 0. The highest BCUT2D eigenvalue weighted by atomic mass is 32.1. The van der Waals surface area contributed by atoms with Gasteiger partial charge in [-0.15, -0.1) is 0 Å². The Morgan fingerprint density at radius 1 is 1.23 bits per heavy atom. The summed E-state index contributed by atoms with van der Waals surface area (Å²) in [5.74, 6) is 1.06. The molecule has 0 radical (unpaired) electrons. The largest absolute Gasteiger partial charge is 0.381 e. The maximum absolute atomic E-state index is 12.6. The van der Waals surface area contributed by atoms with Gasteiger partial charge in [-0.1, -0.05) is 0 Å². The molecule has 3 aliphatic rings. The molecule has 3 fully saturated rings. The fourth-order valence-corrected chi connectivity index (χ4v) is 5.30. The van der Waals surface area contributed by atoms with Crippen molar-refractivity contribution in [2.45, 2.75) is 38.5 Å². The number of ether oxygens (including phenoxy) is 1. The monoisotopic (exact) mass is 376 g/mol. The fraction of sp³-hybridized carbons (Fsp3) is 0.700. The van der Waals surface area contributed by atoms with Crippen LogP contribution in [0.1, 0.15) is 48.9 Å². The Balaban J connectivity index is 1.35. The van der Waals surface area contributed by atoms with E-state index in [-0.39, 0.29) is 11.3 Å². The predicted octanol–water partition coefficient (Wildman–Crippen LogP) is 3.02. The van der Waals surface area contributed by atoms with Crippen molar-refractivity contribution >= 4 is 23.2 Å². The number of carbonyl (C=O) groups excluding carboxylic acids is 2. The van der Waals surface area contributed by atoms with Crippen LogP contribution in [0, 0.1) is 11.3 Å². The van der Waals surface area contributed by atoms with E-state index in [1.54, 1.807) is 11.3 Å². The molecule has 0 bridgehead atoms. The highest BCUT2D eigenvalue weighted by Gasteiger charge is 2.42. The molecule has 0 unspecified atom stereocenters. The molecule has 1 aromatic heterocycles. The summed E-state index contributed by atoms with van der Waals surface area (Å²) in [6, 6.07) is 1.91. The first-order chi connectivity index (χ1) is 12.7. The van der Waals surface area contributed by atoms with Crippen molar-refractivity contribution < 1.29 is 14.3 Å². The summed E-state index contributed by atoms with van der Waals surface area (Å²) in [7, 11) is 0. The van der Waals surface area contributed by atoms with E-state index in [2.05, 4.69) is 4.90 Å². The molecule has 0 N–H and O–H groups in total. The summed E-state index contributed by atoms with van der Waals surface area (Å²) < 4.78 is 5.45. The predicted molar refractivity (Wildman–Crippen MR) is 101 cm³/mol. The Labute approximate surface area is 159 Å². The lowest BCUT2D eigenvalue weighted by molar-refractivity contribution is -0.140.